The number of carboxylic acid groups (broad SMARTS) is 1. The summed E-state index contributed by atoms with van der Waals surface area (Å²) in [6.07, 6.45) is 2.93. The molecule has 0 radical (unpaired) electrons. The lowest BCUT2D eigenvalue weighted by Gasteiger charge is -2.58. The van der Waals surface area contributed by atoms with Crippen LogP contribution in [0.1, 0.15) is 32.6 Å². The van der Waals surface area contributed by atoms with Crippen LogP contribution in [-0.4, -0.2) is 34.0 Å². The molecular formula is C10H15NO3. The third-order valence-corrected chi connectivity index (χ3v) is 3.53. The zero-order chi connectivity index (χ0) is 10.3. The van der Waals surface area contributed by atoms with Crippen molar-refractivity contribution in [3.8, 4) is 0 Å². The van der Waals surface area contributed by atoms with Crippen molar-refractivity contribution >= 4 is 11.9 Å². The molecule has 0 spiro atoms. The summed E-state index contributed by atoms with van der Waals surface area (Å²) in [5.41, 5.74) is -0.333. The minimum absolute atomic E-state index is 0.0180. The largest absolute Gasteiger partial charge is 0.481 e. The molecule has 0 aromatic heterocycles. The number of hydrogen-bond donors (Lipinski definition) is 1. The first-order chi connectivity index (χ1) is 6.53. The number of fused-ring (bicyclic) bond motifs is 2. The van der Waals surface area contributed by atoms with Gasteiger partial charge in [0.05, 0.1) is 12.0 Å². The summed E-state index contributed by atoms with van der Waals surface area (Å²) in [5.74, 6) is -0.119. The maximum absolute atomic E-state index is 11.4. The maximum Gasteiger partial charge on any atom is 0.305 e. The number of amides is 1. The third kappa shape index (κ3) is 1.29. The standard InChI is InChI=1S/C10H15NO3/c1-7(12)11-3-2-8-4-10(11,5-8)6-9(13)14/h8H,2-6H2,1H3,(H,13,14). The van der Waals surface area contributed by atoms with Crippen LogP contribution < -0.4 is 0 Å². The molecule has 0 aromatic rings. The van der Waals surface area contributed by atoms with Gasteiger partial charge in [0.25, 0.3) is 0 Å². The Bertz CT molecular complexity index is 281. The molecule has 3 fully saturated rings. The van der Waals surface area contributed by atoms with Gasteiger partial charge in [-0.05, 0) is 25.2 Å². The summed E-state index contributed by atoms with van der Waals surface area (Å²) in [6, 6.07) is 0. The molecule has 1 aliphatic carbocycles. The molecule has 0 unspecified atom stereocenters. The second-order valence-electron chi connectivity index (χ2n) is 4.53. The molecule has 2 bridgehead atoms. The number of carbonyl (C=O) groups is 2. The Balaban J connectivity index is 2.15. The smallest absolute Gasteiger partial charge is 0.305 e. The monoisotopic (exact) mass is 197 g/mol. The number of aliphatic carboxylic acids is 1. The SMILES string of the molecule is CC(=O)N1CCC2CC1(CC(=O)O)C2. The molecule has 1 saturated carbocycles. The molecular weight excluding hydrogens is 182 g/mol. The zero-order valence-electron chi connectivity index (χ0n) is 8.32. The Kier molecular flexibility index (Phi) is 2.01. The van der Waals surface area contributed by atoms with Crippen molar-refractivity contribution in [2.24, 2.45) is 5.92 Å². The quantitative estimate of drug-likeness (QED) is 0.714. The van der Waals surface area contributed by atoms with Crippen LogP contribution in [0.5, 0.6) is 0 Å². The predicted molar refractivity (Wildman–Crippen MR) is 49.7 cm³/mol. The average Bonchev–Trinajstić information content (AvgIpc) is 2.00. The molecule has 0 aromatic carbocycles. The number of carbonyl (C=O) groups excluding carboxylic acids is 1. The molecule has 2 saturated heterocycles. The fourth-order valence-corrected chi connectivity index (χ4v) is 3.00. The van der Waals surface area contributed by atoms with Crippen LogP contribution in [0.15, 0.2) is 0 Å². The molecule has 0 atom stereocenters. The van der Waals surface area contributed by atoms with Crippen LogP contribution in [0.25, 0.3) is 0 Å². The lowest BCUT2D eigenvalue weighted by atomic mass is 9.61. The van der Waals surface area contributed by atoms with Crippen LogP contribution in [0.3, 0.4) is 0 Å². The van der Waals surface area contributed by atoms with E-state index in [0.717, 1.165) is 25.8 Å². The van der Waals surface area contributed by atoms with Crippen LogP contribution in [0.4, 0.5) is 0 Å². The van der Waals surface area contributed by atoms with E-state index >= 15 is 0 Å². The highest BCUT2D eigenvalue weighted by molar-refractivity contribution is 5.77. The van der Waals surface area contributed by atoms with E-state index in [2.05, 4.69) is 0 Å². The van der Waals surface area contributed by atoms with Gasteiger partial charge in [-0.15, -0.1) is 0 Å². The second-order valence-corrected chi connectivity index (χ2v) is 4.53. The first-order valence-electron chi connectivity index (χ1n) is 5.03. The molecule has 2 aliphatic heterocycles. The Morgan fingerprint density at radius 2 is 2.14 bits per heavy atom. The Morgan fingerprint density at radius 1 is 1.50 bits per heavy atom. The summed E-state index contributed by atoms with van der Waals surface area (Å²) in [6.45, 7) is 2.27. The highest BCUT2D eigenvalue weighted by atomic mass is 16.4. The molecule has 4 nitrogen and oxygen atoms in total. The van der Waals surface area contributed by atoms with Crippen molar-refractivity contribution in [2.75, 3.05) is 6.54 Å². The Morgan fingerprint density at radius 3 is 2.64 bits per heavy atom. The van der Waals surface area contributed by atoms with E-state index < -0.39 is 5.97 Å². The number of piperidine rings is 2. The van der Waals surface area contributed by atoms with Crippen molar-refractivity contribution in [3.63, 3.8) is 0 Å². The second kappa shape index (κ2) is 2.97. The van der Waals surface area contributed by atoms with E-state index in [-0.39, 0.29) is 17.9 Å². The fraction of sp³-hybridized carbons (Fsp3) is 0.800. The first-order valence-corrected chi connectivity index (χ1v) is 5.03. The van der Waals surface area contributed by atoms with Gasteiger partial charge in [0.1, 0.15) is 0 Å². The lowest BCUT2D eigenvalue weighted by molar-refractivity contribution is -0.160. The fourth-order valence-electron chi connectivity index (χ4n) is 3.00. The van der Waals surface area contributed by atoms with Crippen LogP contribution in [0.2, 0.25) is 0 Å². The number of rotatable bonds is 2. The number of hydrogen-bond acceptors (Lipinski definition) is 2. The zero-order valence-corrected chi connectivity index (χ0v) is 8.32. The van der Waals surface area contributed by atoms with E-state index in [0.29, 0.717) is 5.92 Å². The number of carboxylic acids is 1. The van der Waals surface area contributed by atoms with Gasteiger partial charge >= 0.3 is 5.97 Å². The van der Waals surface area contributed by atoms with Crippen molar-refractivity contribution in [3.05, 3.63) is 0 Å². The molecule has 3 rings (SSSR count). The molecule has 78 valence electrons. The minimum atomic E-state index is -0.795. The summed E-state index contributed by atoms with van der Waals surface area (Å²) in [4.78, 5) is 23.8. The van der Waals surface area contributed by atoms with Crippen molar-refractivity contribution < 1.29 is 14.7 Å². The van der Waals surface area contributed by atoms with Crippen molar-refractivity contribution in [1.29, 1.82) is 0 Å². The minimum Gasteiger partial charge on any atom is -0.481 e. The summed E-state index contributed by atoms with van der Waals surface area (Å²) in [7, 11) is 0. The van der Waals surface area contributed by atoms with E-state index in [1.807, 2.05) is 0 Å². The highest BCUT2D eigenvalue weighted by Crippen LogP contribution is 2.50. The van der Waals surface area contributed by atoms with Gasteiger partial charge in [-0.2, -0.15) is 0 Å². The molecule has 1 N–H and O–H groups in total. The Labute approximate surface area is 82.9 Å². The van der Waals surface area contributed by atoms with Crippen LogP contribution >= 0.6 is 0 Å². The van der Waals surface area contributed by atoms with E-state index in [1.54, 1.807) is 4.90 Å². The highest BCUT2D eigenvalue weighted by Gasteiger charge is 2.53. The molecule has 3 aliphatic rings. The summed E-state index contributed by atoms with van der Waals surface area (Å²) in [5, 5.41) is 8.82. The van der Waals surface area contributed by atoms with Gasteiger partial charge in [0.2, 0.25) is 5.91 Å². The van der Waals surface area contributed by atoms with Crippen LogP contribution in [0, 0.1) is 5.92 Å². The van der Waals surface area contributed by atoms with Gasteiger partial charge in [-0.3, -0.25) is 9.59 Å². The van der Waals surface area contributed by atoms with Gasteiger partial charge in [-0.1, -0.05) is 0 Å². The third-order valence-electron chi connectivity index (χ3n) is 3.53. The predicted octanol–water partition coefficient (Wildman–Crippen LogP) is 0.862. The van der Waals surface area contributed by atoms with E-state index in [1.165, 1.54) is 6.92 Å². The summed E-state index contributed by atoms with van der Waals surface area (Å²) >= 11 is 0. The lowest BCUT2D eigenvalue weighted by Crippen LogP contribution is -2.64. The van der Waals surface area contributed by atoms with Gasteiger partial charge in [0, 0.05) is 13.5 Å². The van der Waals surface area contributed by atoms with E-state index in [4.69, 9.17) is 5.11 Å². The number of nitrogens with zero attached hydrogens (tertiary/aromatic N) is 1. The first kappa shape index (κ1) is 9.49. The van der Waals surface area contributed by atoms with E-state index in [9.17, 15) is 9.59 Å². The summed E-state index contributed by atoms with van der Waals surface area (Å²) < 4.78 is 0. The van der Waals surface area contributed by atoms with Crippen molar-refractivity contribution in [1.82, 2.24) is 4.90 Å². The average molecular weight is 197 g/mol. The van der Waals surface area contributed by atoms with Gasteiger partial charge in [0.15, 0.2) is 0 Å². The molecule has 2 heterocycles. The Hall–Kier alpha value is -1.06. The topological polar surface area (TPSA) is 57.6 Å². The molecule has 4 heteroatoms. The van der Waals surface area contributed by atoms with Gasteiger partial charge in [-0.25, -0.2) is 0 Å². The van der Waals surface area contributed by atoms with Gasteiger partial charge < -0.3 is 10.0 Å². The normalized spacial score (nSPS) is 34.9. The molecule has 1 amide bonds. The van der Waals surface area contributed by atoms with Crippen LogP contribution in [-0.2, 0) is 9.59 Å². The molecule has 14 heavy (non-hydrogen) atoms. The maximum atomic E-state index is 11.4. The van der Waals surface area contributed by atoms with Crippen molar-refractivity contribution in [2.45, 2.75) is 38.1 Å².